The Morgan fingerprint density at radius 2 is 2.06 bits per heavy atom. The predicted molar refractivity (Wildman–Crippen MR) is 72.6 cm³/mol. The fourth-order valence-electron chi connectivity index (χ4n) is 1.59. The largest absolute Gasteiger partial charge is 0.396 e. The Labute approximate surface area is 111 Å². The Kier molecular flexibility index (Phi) is 5.16. The van der Waals surface area contributed by atoms with Crippen LogP contribution in [0.2, 0.25) is 0 Å². The number of aliphatic hydroxyl groups excluding tert-OH is 1. The number of rotatable bonds is 5. The molecule has 0 saturated carbocycles. The van der Waals surface area contributed by atoms with E-state index in [-0.39, 0.29) is 24.0 Å². The Morgan fingerprint density at radius 3 is 2.65 bits per heavy atom. The molecule has 17 heavy (non-hydrogen) atoms. The molecule has 0 saturated heterocycles. The van der Waals surface area contributed by atoms with E-state index in [9.17, 15) is 8.42 Å². The first-order valence-electron chi connectivity index (χ1n) is 5.41. The summed E-state index contributed by atoms with van der Waals surface area (Å²) in [6.07, 6.45) is 0. The molecule has 96 valence electrons. The lowest BCUT2D eigenvalue weighted by atomic mass is 10.1. The molecular formula is C12H17BrO3S. The van der Waals surface area contributed by atoms with Gasteiger partial charge in [-0.25, -0.2) is 8.42 Å². The van der Waals surface area contributed by atoms with Crippen molar-refractivity contribution in [1.29, 1.82) is 0 Å². The number of hydrogen-bond donors (Lipinski definition) is 1. The second-order valence-corrected chi connectivity index (χ2v) is 7.33. The monoisotopic (exact) mass is 320 g/mol. The van der Waals surface area contributed by atoms with E-state index >= 15 is 0 Å². The highest BCUT2D eigenvalue weighted by Gasteiger charge is 2.17. The van der Waals surface area contributed by atoms with Gasteiger partial charge in [0.2, 0.25) is 0 Å². The van der Waals surface area contributed by atoms with Crippen LogP contribution in [0.5, 0.6) is 0 Å². The highest BCUT2D eigenvalue weighted by molar-refractivity contribution is 9.10. The summed E-state index contributed by atoms with van der Waals surface area (Å²) in [5.74, 6) is -0.162. The molecule has 5 heteroatoms. The van der Waals surface area contributed by atoms with E-state index in [2.05, 4.69) is 15.9 Å². The molecule has 0 aliphatic carbocycles. The van der Waals surface area contributed by atoms with E-state index in [1.165, 1.54) is 0 Å². The molecule has 1 aromatic carbocycles. The molecule has 0 aliphatic rings. The van der Waals surface area contributed by atoms with Crippen LogP contribution in [-0.4, -0.2) is 25.9 Å². The van der Waals surface area contributed by atoms with Crippen LogP contribution >= 0.6 is 15.9 Å². The van der Waals surface area contributed by atoms with Crippen molar-refractivity contribution in [1.82, 2.24) is 0 Å². The average Bonchev–Trinajstić information content (AvgIpc) is 2.23. The first-order chi connectivity index (χ1) is 7.85. The van der Waals surface area contributed by atoms with Crippen molar-refractivity contribution >= 4 is 25.8 Å². The highest BCUT2D eigenvalue weighted by atomic mass is 79.9. The van der Waals surface area contributed by atoms with Crippen LogP contribution < -0.4 is 0 Å². The fraction of sp³-hybridized carbons (Fsp3) is 0.500. The smallest absolute Gasteiger partial charge is 0.154 e. The lowest BCUT2D eigenvalue weighted by molar-refractivity contribution is 0.249. The summed E-state index contributed by atoms with van der Waals surface area (Å²) in [4.78, 5) is 0. The second-order valence-electron chi connectivity index (χ2n) is 4.37. The molecule has 0 aliphatic heterocycles. The standard InChI is InChI=1S/C12H17BrO3S/c1-9(6-14)7-17(15,16)8-11-4-3-5-12(13)10(11)2/h3-5,9,14H,6-8H2,1-2H3/t9-/m1/s1. The molecule has 0 radical (unpaired) electrons. The lowest BCUT2D eigenvalue weighted by Crippen LogP contribution is -2.18. The molecule has 1 aromatic rings. The van der Waals surface area contributed by atoms with Crippen LogP contribution in [0.3, 0.4) is 0 Å². The minimum atomic E-state index is -3.17. The van der Waals surface area contributed by atoms with Crippen molar-refractivity contribution in [3.05, 3.63) is 33.8 Å². The van der Waals surface area contributed by atoms with Crippen molar-refractivity contribution in [2.24, 2.45) is 5.92 Å². The van der Waals surface area contributed by atoms with E-state index in [0.29, 0.717) is 0 Å². The van der Waals surface area contributed by atoms with Gasteiger partial charge in [0.25, 0.3) is 0 Å². The maximum atomic E-state index is 11.9. The van der Waals surface area contributed by atoms with Crippen LogP contribution in [0.1, 0.15) is 18.1 Å². The Morgan fingerprint density at radius 1 is 1.41 bits per heavy atom. The Hall–Kier alpha value is -0.390. The minimum absolute atomic E-state index is 0.0233. The maximum absolute atomic E-state index is 11.9. The number of hydrogen-bond acceptors (Lipinski definition) is 3. The van der Waals surface area contributed by atoms with E-state index in [4.69, 9.17) is 5.11 Å². The summed E-state index contributed by atoms with van der Waals surface area (Å²) < 4.78 is 24.7. The van der Waals surface area contributed by atoms with E-state index < -0.39 is 9.84 Å². The molecule has 0 aromatic heterocycles. The van der Waals surface area contributed by atoms with Gasteiger partial charge in [-0.3, -0.25) is 0 Å². The molecule has 0 unspecified atom stereocenters. The van der Waals surface area contributed by atoms with Gasteiger partial charge in [-0.15, -0.1) is 0 Å². The van der Waals surface area contributed by atoms with E-state index in [0.717, 1.165) is 15.6 Å². The zero-order valence-electron chi connectivity index (χ0n) is 9.98. The molecule has 1 rings (SSSR count). The quantitative estimate of drug-likeness (QED) is 0.905. The topological polar surface area (TPSA) is 54.4 Å². The first kappa shape index (κ1) is 14.7. The van der Waals surface area contributed by atoms with Gasteiger partial charge < -0.3 is 5.11 Å². The molecule has 1 atom stereocenters. The van der Waals surface area contributed by atoms with Crippen LogP contribution in [0, 0.1) is 12.8 Å². The number of benzene rings is 1. The third kappa shape index (κ3) is 4.41. The van der Waals surface area contributed by atoms with Crippen LogP contribution in [0.15, 0.2) is 22.7 Å². The van der Waals surface area contributed by atoms with Crippen molar-refractivity contribution in [2.45, 2.75) is 19.6 Å². The lowest BCUT2D eigenvalue weighted by Gasteiger charge is -2.11. The van der Waals surface area contributed by atoms with Crippen molar-refractivity contribution in [3.63, 3.8) is 0 Å². The molecule has 0 heterocycles. The number of aliphatic hydroxyl groups is 1. The van der Waals surface area contributed by atoms with Gasteiger partial charge in [-0.2, -0.15) is 0 Å². The van der Waals surface area contributed by atoms with Crippen molar-refractivity contribution in [2.75, 3.05) is 12.4 Å². The molecule has 1 N–H and O–H groups in total. The van der Waals surface area contributed by atoms with Crippen molar-refractivity contribution in [3.8, 4) is 0 Å². The zero-order chi connectivity index (χ0) is 13.1. The molecule has 0 amide bonds. The molecule has 0 spiro atoms. The Bertz CT molecular complexity index is 483. The molecule has 0 fully saturated rings. The van der Waals surface area contributed by atoms with Gasteiger partial charge in [-0.05, 0) is 30.0 Å². The first-order valence-corrected chi connectivity index (χ1v) is 8.02. The molecular weight excluding hydrogens is 304 g/mol. The molecule has 3 nitrogen and oxygen atoms in total. The summed E-state index contributed by atoms with van der Waals surface area (Å²) >= 11 is 3.38. The van der Waals surface area contributed by atoms with Crippen molar-refractivity contribution < 1.29 is 13.5 Å². The van der Waals surface area contributed by atoms with Gasteiger partial charge in [0.05, 0.1) is 11.5 Å². The zero-order valence-corrected chi connectivity index (χ0v) is 12.4. The summed E-state index contributed by atoms with van der Waals surface area (Å²) in [7, 11) is -3.17. The predicted octanol–water partition coefficient (Wildman–Crippen LogP) is 2.30. The van der Waals surface area contributed by atoms with E-state index in [1.807, 2.05) is 25.1 Å². The van der Waals surface area contributed by atoms with Gasteiger partial charge in [0.15, 0.2) is 9.84 Å². The average molecular weight is 321 g/mol. The second kappa shape index (κ2) is 5.98. The normalized spacial score (nSPS) is 13.6. The maximum Gasteiger partial charge on any atom is 0.154 e. The summed E-state index contributed by atoms with van der Waals surface area (Å²) in [6.45, 7) is 3.52. The van der Waals surface area contributed by atoms with Crippen LogP contribution in [-0.2, 0) is 15.6 Å². The van der Waals surface area contributed by atoms with Gasteiger partial charge in [0, 0.05) is 11.1 Å². The van der Waals surface area contributed by atoms with Crippen LogP contribution in [0.4, 0.5) is 0 Å². The third-order valence-electron chi connectivity index (χ3n) is 2.61. The van der Waals surface area contributed by atoms with E-state index in [1.54, 1.807) is 6.92 Å². The van der Waals surface area contributed by atoms with Gasteiger partial charge in [0.1, 0.15) is 0 Å². The summed E-state index contributed by atoms with van der Waals surface area (Å²) in [6, 6.07) is 5.54. The van der Waals surface area contributed by atoms with Gasteiger partial charge >= 0.3 is 0 Å². The summed E-state index contributed by atoms with van der Waals surface area (Å²) in [5, 5.41) is 8.89. The van der Waals surface area contributed by atoms with Gasteiger partial charge in [-0.1, -0.05) is 35.0 Å². The molecule has 0 bridgehead atoms. The number of sulfone groups is 1. The Balaban J connectivity index is 2.87. The van der Waals surface area contributed by atoms with Crippen LogP contribution in [0.25, 0.3) is 0 Å². The third-order valence-corrected chi connectivity index (χ3v) is 5.29. The fourth-order valence-corrected chi connectivity index (χ4v) is 3.87. The number of halogens is 1. The minimum Gasteiger partial charge on any atom is -0.396 e. The summed E-state index contributed by atoms with van der Waals surface area (Å²) in [5.41, 5.74) is 1.76. The highest BCUT2D eigenvalue weighted by Crippen LogP contribution is 2.21. The SMILES string of the molecule is Cc1c(Br)cccc1CS(=O)(=O)C[C@H](C)CO.